The minimum Gasteiger partial charge on any atom is -0.207 e. The van der Waals surface area contributed by atoms with Crippen LogP contribution in [0, 0.1) is 0 Å². The van der Waals surface area contributed by atoms with Crippen LogP contribution in [-0.4, -0.2) is 8.42 Å². The lowest BCUT2D eigenvalue weighted by Gasteiger charge is -2.14. The van der Waals surface area contributed by atoms with Gasteiger partial charge in [-0.2, -0.15) is 0 Å². The van der Waals surface area contributed by atoms with Gasteiger partial charge in [0.2, 0.25) is 10.0 Å². The number of hydrogen-bond donors (Lipinski definition) is 1. The Morgan fingerprint density at radius 2 is 1.60 bits per heavy atom. The number of sulfonamides is 1. The van der Waals surface area contributed by atoms with E-state index in [4.69, 9.17) is 11.6 Å². The predicted octanol–water partition coefficient (Wildman–Crippen LogP) is 4.14. The summed E-state index contributed by atoms with van der Waals surface area (Å²) in [5.41, 5.74) is 0.857. The first-order valence-corrected chi connectivity index (χ1v) is 8.57. The number of benzene rings is 2. The van der Waals surface area contributed by atoms with Gasteiger partial charge >= 0.3 is 0 Å². The molecule has 1 atom stereocenters. The van der Waals surface area contributed by atoms with Crippen LogP contribution in [-0.2, 0) is 10.0 Å². The molecule has 0 saturated heterocycles. The van der Waals surface area contributed by atoms with Crippen LogP contribution in [0.4, 0.5) is 0 Å². The van der Waals surface area contributed by atoms with E-state index in [2.05, 4.69) is 20.7 Å². The second-order valence-electron chi connectivity index (χ2n) is 4.35. The number of nitrogens with one attached hydrogen (secondary N) is 1. The quantitative estimate of drug-likeness (QED) is 0.874. The summed E-state index contributed by atoms with van der Waals surface area (Å²) in [5.74, 6) is 0. The largest absolute Gasteiger partial charge is 0.241 e. The van der Waals surface area contributed by atoms with Gasteiger partial charge < -0.3 is 0 Å². The van der Waals surface area contributed by atoms with Crippen molar-refractivity contribution in [3.05, 3.63) is 63.6 Å². The van der Waals surface area contributed by atoms with Crippen molar-refractivity contribution in [3.63, 3.8) is 0 Å². The van der Waals surface area contributed by atoms with Crippen LogP contribution in [0.1, 0.15) is 18.5 Å². The van der Waals surface area contributed by atoms with Crippen molar-refractivity contribution in [1.29, 1.82) is 0 Å². The zero-order chi connectivity index (χ0) is 14.8. The molecule has 1 N–H and O–H groups in total. The number of halogens is 2. The molecule has 0 saturated carbocycles. The molecule has 0 aliphatic rings. The average Bonchev–Trinajstić information content (AvgIpc) is 2.39. The summed E-state index contributed by atoms with van der Waals surface area (Å²) in [6.45, 7) is 1.79. The Kier molecular flexibility index (Phi) is 4.86. The molecule has 0 bridgehead atoms. The van der Waals surface area contributed by atoms with Crippen molar-refractivity contribution < 1.29 is 8.42 Å². The first-order valence-electron chi connectivity index (χ1n) is 5.92. The van der Waals surface area contributed by atoms with E-state index in [9.17, 15) is 8.42 Å². The summed E-state index contributed by atoms with van der Waals surface area (Å²) in [6.07, 6.45) is 0. The van der Waals surface area contributed by atoms with E-state index in [1.54, 1.807) is 55.5 Å². The fourth-order valence-electron chi connectivity index (χ4n) is 1.73. The third kappa shape index (κ3) is 3.82. The molecule has 0 spiro atoms. The highest BCUT2D eigenvalue weighted by Gasteiger charge is 2.18. The standard InChI is InChI=1S/C14H13BrClNO2S/c1-10(11-2-6-13(16)7-3-11)17-20(18,19)14-8-4-12(15)5-9-14/h2-10,17H,1H3/t10-/m1/s1. The van der Waals surface area contributed by atoms with Crippen molar-refractivity contribution in [2.24, 2.45) is 0 Å². The van der Waals surface area contributed by atoms with Crippen molar-refractivity contribution >= 4 is 37.6 Å². The lowest BCUT2D eigenvalue weighted by molar-refractivity contribution is 0.567. The normalized spacial score (nSPS) is 13.2. The molecule has 20 heavy (non-hydrogen) atoms. The average molecular weight is 375 g/mol. The van der Waals surface area contributed by atoms with Crippen LogP contribution in [0.2, 0.25) is 5.02 Å². The highest BCUT2D eigenvalue weighted by Crippen LogP contribution is 2.20. The van der Waals surface area contributed by atoms with Gasteiger partial charge in [0.25, 0.3) is 0 Å². The lowest BCUT2D eigenvalue weighted by atomic mass is 10.1. The Balaban J connectivity index is 2.19. The third-order valence-corrected chi connectivity index (χ3v) is 5.16. The van der Waals surface area contributed by atoms with Crippen LogP contribution in [0.5, 0.6) is 0 Å². The highest BCUT2D eigenvalue weighted by atomic mass is 79.9. The molecule has 0 aliphatic carbocycles. The fraction of sp³-hybridized carbons (Fsp3) is 0.143. The Morgan fingerprint density at radius 1 is 1.05 bits per heavy atom. The van der Waals surface area contributed by atoms with Gasteiger partial charge in [-0.15, -0.1) is 0 Å². The SMILES string of the molecule is C[C@@H](NS(=O)(=O)c1ccc(Br)cc1)c1ccc(Cl)cc1. The Labute approximate surface area is 132 Å². The van der Waals surface area contributed by atoms with Crippen LogP contribution >= 0.6 is 27.5 Å². The Hall–Kier alpha value is -0.880. The Bertz CT molecular complexity index is 684. The van der Waals surface area contributed by atoms with Crippen molar-refractivity contribution in [2.75, 3.05) is 0 Å². The summed E-state index contributed by atoms with van der Waals surface area (Å²) in [5, 5.41) is 0.622. The lowest BCUT2D eigenvalue weighted by Crippen LogP contribution is -2.26. The van der Waals surface area contributed by atoms with E-state index in [0.717, 1.165) is 10.0 Å². The van der Waals surface area contributed by atoms with Gasteiger partial charge in [-0.25, -0.2) is 13.1 Å². The second kappa shape index (κ2) is 6.26. The van der Waals surface area contributed by atoms with E-state index >= 15 is 0 Å². The van der Waals surface area contributed by atoms with Crippen LogP contribution < -0.4 is 4.72 Å². The van der Waals surface area contributed by atoms with Crippen molar-refractivity contribution in [1.82, 2.24) is 4.72 Å². The maximum Gasteiger partial charge on any atom is 0.241 e. The zero-order valence-electron chi connectivity index (χ0n) is 10.7. The molecule has 2 rings (SSSR count). The summed E-state index contributed by atoms with van der Waals surface area (Å²) in [7, 11) is -3.54. The molecule has 0 radical (unpaired) electrons. The van der Waals surface area contributed by atoms with Gasteiger partial charge in [-0.1, -0.05) is 39.7 Å². The molecule has 0 amide bonds. The molecule has 0 fully saturated rings. The van der Waals surface area contributed by atoms with Gasteiger partial charge in [0.05, 0.1) is 4.90 Å². The minimum absolute atomic E-state index is 0.238. The van der Waals surface area contributed by atoms with Gasteiger partial charge in [-0.05, 0) is 48.9 Å². The maximum absolute atomic E-state index is 12.2. The van der Waals surface area contributed by atoms with E-state index in [1.165, 1.54) is 0 Å². The second-order valence-corrected chi connectivity index (χ2v) is 7.41. The molecule has 0 heterocycles. The summed E-state index contributed by atoms with van der Waals surface area (Å²) >= 11 is 9.10. The Morgan fingerprint density at radius 3 is 2.15 bits per heavy atom. The molecule has 106 valence electrons. The fourth-order valence-corrected chi connectivity index (χ4v) is 3.36. The topological polar surface area (TPSA) is 46.2 Å². The van der Waals surface area contributed by atoms with Crippen molar-refractivity contribution in [2.45, 2.75) is 17.9 Å². The van der Waals surface area contributed by atoms with E-state index in [1.807, 2.05) is 0 Å². The summed E-state index contributed by atoms with van der Waals surface area (Å²) in [6, 6.07) is 13.3. The van der Waals surface area contributed by atoms with E-state index in [-0.39, 0.29) is 10.9 Å². The molecule has 2 aromatic rings. The smallest absolute Gasteiger partial charge is 0.207 e. The van der Waals surface area contributed by atoms with Crippen LogP contribution in [0.3, 0.4) is 0 Å². The van der Waals surface area contributed by atoms with Crippen LogP contribution in [0.25, 0.3) is 0 Å². The van der Waals surface area contributed by atoms with E-state index in [0.29, 0.717) is 5.02 Å². The predicted molar refractivity (Wildman–Crippen MR) is 84.3 cm³/mol. The third-order valence-electron chi connectivity index (χ3n) is 2.83. The molecule has 3 nitrogen and oxygen atoms in total. The summed E-state index contributed by atoms with van der Waals surface area (Å²) in [4.78, 5) is 0.238. The maximum atomic E-state index is 12.2. The summed E-state index contributed by atoms with van der Waals surface area (Å²) < 4.78 is 28.0. The zero-order valence-corrected chi connectivity index (χ0v) is 13.8. The molecule has 2 aromatic carbocycles. The molecule has 0 unspecified atom stereocenters. The van der Waals surface area contributed by atoms with Gasteiger partial charge in [0.1, 0.15) is 0 Å². The highest BCUT2D eigenvalue weighted by molar-refractivity contribution is 9.10. The minimum atomic E-state index is -3.54. The number of hydrogen-bond acceptors (Lipinski definition) is 2. The number of rotatable bonds is 4. The van der Waals surface area contributed by atoms with E-state index < -0.39 is 10.0 Å². The molecule has 0 aromatic heterocycles. The molecule has 0 aliphatic heterocycles. The van der Waals surface area contributed by atoms with Crippen molar-refractivity contribution in [3.8, 4) is 0 Å². The first kappa shape index (κ1) is 15.5. The van der Waals surface area contributed by atoms with Crippen LogP contribution in [0.15, 0.2) is 57.9 Å². The first-order chi connectivity index (χ1) is 9.38. The molecular formula is C14H13BrClNO2S. The molecular weight excluding hydrogens is 362 g/mol. The van der Waals surface area contributed by atoms with Gasteiger partial charge in [0.15, 0.2) is 0 Å². The van der Waals surface area contributed by atoms with Gasteiger partial charge in [0, 0.05) is 15.5 Å². The monoisotopic (exact) mass is 373 g/mol. The van der Waals surface area contributed by atoms with Gasteiger partial charge in [-0.3, -0.25) is 0 Å². The molecule has 6 heteroatoms.